The number of hydrogen-bond acceptors (Lipinski definition) is 0. The van der Waals surface area contributed by atoms with E-state index in [1.807, 2.05) is 0 Å². The number of rotatable bonds is 0. The lowest BCUT2D eigenvalue weighted by Gasteiger charge is -2.00. The molecule has 0 N–H and O–H groups in total. The average Bonchev–Trinajstić information content (AvgIpc) is 2.04. The van der Waals surface area contributed by atoms with Crippen molar-refractivity contribution >= 4 is 11.6 Å². The Morgan fingerprint density at radius 1 is 1.30 bits per heavy atom. The van der Waals surface area contributed by atoms with Crippen LogP contribution in [0.4, 0.5) is 0 Å². The Morgan fingerprint density at radius 2 is 1.90 bits per heavy atom. The van der Waals surface area contributed by atoms with Crippen molar-refractivity contribution in [3.05, 3.63) is 22.8 Å². The summed E-state index contributed by atoms with van der Waals surface area (Å²) in [6.45, 7) is 6.01. The van der Waals surface area contributed by atoms with Crippen LogP contribution in [0.3, 0.4) is 0 Å². The predicted octanol–water partition coefficient (Wildman–Crippen LogP) is 3.63. The maximum absolute atomic E-state index is 6.00. The highest BCUT2D eigenvalue weighted by atomic mass is 35.5. The molecule has 0 aromatic heterocycles. The monoisotopic (exact) mass is 156 g/mol. The summed E-state index contributed by atoms with van der Waals surface area (Å²) in [6, 6.07) is 0. The maximum Gasteiger partial charge on any atom is 0.0421 e. The van der Waals surface area contributed by atoms with Gasteiger partial charge < -0.3 is 0 Å². The summed E-state index contributed by atoms with van der Waals surface area (Å²) in [4.78, 5) is 0. The standard InChI is InChI=1S/C9H13Cl/c1-7-5-3-4-6-8(2)9(7)10/h1,3-6H2,2H3. The van der Waals surface area contributed by atoms with Crippen LogP contribution >= 0.6 is 11.6 Å². The first kappa shape index (κ1) is 7.87. The van der Waals surface area contributed by atoms with Gasteiger partial charge in [0.1, 0.15) is 0 Å². The van der Waals surface area contributed by atoms with Gasteiger partial charge in [-0.2, -0.15) is 0 Å². The van der Waals surface area contributed by atoms with E-state index in [2.05, 4.69) is 13.5 Å². The zero-order valence-electron chi connectivity index (χ0n) is 6.41. The summed E-state index contributed by atoms with van der Waals surface area (Å²) >= 11 is 6.00. The molecule has 10 heavy (non-hydrogen) atoms. The Labute approximate surface area is 67.6 Å². The van der Waals surface area contributed by atoms with Crippen molar-refractivity contribution in [2.75, 3.05) is 0 Å². The minimum atomic E-state index is 0.928. The number of hydrogen-bond donors (Lipinski definition) is 0. The molecule has 1 aliphatic carbocycles. The van der Waals surface area contributed by atoms with Crippen LogP contribution in [0, 0.1) is 0 Å². The van der Waals surface area contributed by atoms with E-state index in [0.717, 1.165) is 23.4 Å². The molecule has 0 unspecified atom stereocenters. The normalized spacial score (nSPS) is 21.2. The second-order valence-corrected chi connectivity index (χ2v) is 3.28. The van der Waals surface area contributed by atoms with Crippen LogP contribution < -0.4 is 0 Å². The van der Waals surface area contributed by atoms with Gasteiger partial charge in [-0.1, -0.05) is 23.8 Å². The van der Waals surface area contributed by atoms with Crippen molar-refractivity contribution in [1.29, 1.82) is 0 Å². The minimum absolute atomic E-state index is 0.928. The summed E-state index contributed by atoms with van der Waals surface area (Å²) in [5.74, 6) is 0. The Bertz CT molecular complexity index is 177. The van der Waals surface area contributed by atoms with Gasteiger partial charge in [0.05, 0.1) is 0 Å². The van der Waals surface area contributed by atoms with Crippen molar-refractivity contribution in [2.24, 2.45) is 0 Å². The summed E-state index contributed by atoms with van der Waals surface area (Å²) in [5.41, 5.74) is 2.43. The summed E-state index contributed by atoms with van der Waals surface area (Å²) in [5, 5.41) is 0.928. The van der Waals surface area contributed by atoms with E-state index in [-0.39, 0.29) is 0 Å². The van der Waals surface area contributed by atoms with Crippen molar-refractivity contribution in [1.82, 2.24) is 0 Å². The van der Waals surface area contributed by atoms with E-state index in [9.17, 15) is 0 Å². The zero-order chi connectivity index (χ0) is 7.56. The molecule has 0 atom stereocenters. The highest BCUT2D eigenvalue weighted by Gasteiger charge is 2.08. The van der Waals surface area contributed by atoms with E-state index < -0.39 is 0 Å². The lowest BCUT2D eigenvalue weighted by molar-refractivity contribution is 0.751. The molecular weight excluding hydrogens is 144 g/mol. The fourth-order valence-electron chi connectivity index (χ4n) is 1.25. The van der Waals surface area contributed by atoms with Gasteiger partial charge in [-0.15, -0.1) is 0 Å². The van der Waals surface area contributed by atoms with Crippen LogP contribution in [0.15, 0.2) is 22.8 Å². The summed E-state index contributed by atoms with van der Waals surface area (Å²) in [7, 11) is 0. The molecule has 0 saturated heterocycles. The molecule has 0 aromatic rings. The highest BCUT2D eigenvalue weighted by Crippen LogP contribution is 2.29. The second-order valence-electron chi connectivity index (χ2n) is 2.90. The fraction of sp³-hybridized carbons (Fsp3) is 0.556. The van der Waals surface area contributed by atoms with Crippen LogP contribution in [-0.4, -0.2) is 0 Å². The van der Waals surface area contributed by atoms with E-state index in [0.29, 0.717) is 0 Å². The lowest BCUT2D eigenvalue weighted by Crippen LogP contribution is -1.80. The highest BCUT2D eigenvalue weighted by molar-refractivity contribution is 6.32. The van der Waals surface area contributed by atoms with Crippen molar-refractivity contribution in [2.45, 2.75) is 32.6 Å². The molecular formula is C9H13Cl. The average molecular weight is 157 g/mol. The molecule has 0 spiro atoms. The summed E-state index contributed by atoms with van der Waals surface area (Å²) in [6.07, 6.45) is 4.74. The Balaban J connectivity index is 2.79. The Hall–Kier alpha value is -0.230. The first-order valence-electron chi connectivity index (χ1n) is 3.75. The Morgan fingerprint density at radius 3 is 2.60 bits per heavy atom. The van der Waals surface area contributed by atoms with Crippen LogP contribution in [0.25, 0.3) is 0 Å². The van der Waals surface area contributed by atoms with Crippen LogP contribution in [0.2, 0.25) is 0 Å². The van der Waals surface area contributed by atoms with E-state index in [1.165, 1.54) is 18.4 Å². The van der Waals surface area contributed by atoms with E-state index >= 15 is 0 Å². The third-order valence-corrected chi connectivity index (χ3v) is 2.56. The molecule has 0 nitrogen and oxygen atoms in total. The largest absolute Gasteiger partial charge is 0.0943 e. The second kappa shape index (κ2) is 3.25. The number of allylic oxidation sites excluding steroid dienone is 3. The van der Waals surface area contributed by atoms with Gasteiger partial charge in [0.25, 0.3) is 0 Å². The molecule has 1 aliphatic rings. The quantitative estimate of drug-likeness (QED) is 0.503. The lowest BCUT2D eigenvalue weighted by atomic mass is 10.1. The fourth-order valence-corrected chi connectivity index (χ4v) is 1.44. The predicted molar refractivity (Wildman–Crippen MR) is 46.2 cm³/mol. The van der Waals surface area contributed by atoms with Crippen molar-refractivity contribution < 1.29 is 0 Å². The van der Waals surface area contributed by atoms with Crippen LogP contribution in [-0.2, 0) is 0 Å². The van der Waals surface area contributed by atoms with Gasteiger partial charge in [-0.25, -0.2) is 0 Å². The van der Waals surface area contributed by atoms with Crippen LogP contribution in [0.5, 0.6) is 0 Å². The maximum atomic E-state index is 6.00. The van der Waals surface area contributed by atoms with Gasteiger partial charge in [-0.05, 0) is 38.2 Å². The molecule has 56 valence electrons. The van der Waals surface area contributed by atoms with E-state index in [4.69, 9.17) is 11.6 Å². The van der Waals surface area contributed by atoms with Gasteiger partial charge in [-0.3, -0.25) is 0 Å². The van der Waals surface area contributed by atoms with Gasteiger partial charge in [0.15, 0.2) is 0 Å². The topological polar surface area (TPSA) is 0 Å². The molecule has 0 radical (unpaired) electrons. The molecule has 0 heterocycles. The smallest absolute Gasteiger partial charge is 0.0421 e. The molecule has 0 aliphatic heterocycles. The Kier molecular flexibility index (Phi) is 2.56. The molecule has 0 fully saturated rings. The molecule has 1 heteroatoms. The van der Waals surface area contributed by atoms with Gasteiger partial charge in [0.2, 0.25) is 0 Å². The van der Waals surface area contributed by atoms with E-state index in [1.54, 1.807) is 0 Å². The van der Waals surface area contributed by atoms with Gasteiger partial charge in [0, 0.05) is 5.03 Å². The molecule has 0 saturated carbocycles. The number of halogens is 1. The molecule has 0 aromatic carbocycles. The minimum Gasteiger partial charge on any atom is -0.0943 e. The van der Waals surface area contributed by atoms with Gasteiger partial charge >= 0.3 is 0 Å². The molecule has 1 rings (SSSR count). The third kappa shape index (κ3) is 1.63. The van der Waals surface area contributed by atoms with Crippen LogP contribution in [0.1, 0.15) is 32.6 Å². The van der Waals surface area contributed by atoms with Crippen molar-refractivity contribution in [3.8, 4) is 0 Å². The third-order valence-electron chi connectivity index (χ3n) is 1.97. The first-order valence-corrected chi connectivity index (χ1v) is 4.13. The van der Waals surface area contributed by atoms with Crippen molar-refractivity contribution in [3.63, 3.8) is 0 Å². The zero-order valence-corrected chi connectivity index (χ0v) is 7.17. The first-order chi connectivity index (χ1) is 4.72. The SMILES string of the molecule is C=C1CCCCC(C)=C1Cl. The molecule has 0 bridgehead atoms. The molecule has 0 amide bonds. The summed E-state index contributed by atoms with van der Waals surface area (Å²) < 4.78 is 0.